The van der Waals surface area contributed by atoms with Gasteiger partial charge in [-0.05, 0) is 37.3 Å². The zero-order valence-corrected chi connectivity index (χ0v) is 11.5. The molecule has 0 radical (unpaired) electrons. The first kappa shape index (κ1) is 15.7. The average Bonchev–Trinajstić information content (AvgIpc) is 2.52. The van der Waals surface area contributed by atoms with Crippen LogP contribution in [-0.4, -0.2) is 16.7 Å². The van der Waals surface area contributed by atoms with Crippen LogP contribution in [0.3, 0.4) is 0 Å². The van der Waals surface area contributed by atoms with Gasteiger partial charge in [-0.3, -0.25) is 4.98 Å². The molecule has 0 atom stereocenters. The first-order chi connectivity index (χ1) is 10.4. The van der Waals surface area contributed by atoms with Crippen LogP contribution in [0.4, 0.5) is 13.2 Å². The topological polar surface area (TPSA) is 51.5 Å². The number of hydrogen-bond donors (Lipinski definition) is 0. The van der Waals surface area contributed by atoms with Crippen molar-refractivity contribution in [3.8, 4) is 0 Å². The van der Waals surface area contributed by atoms with Gasteiger partial charge in [0.2, 0.25) is 0 Å². The van der Waals surface area contributed by atoms with E-state index >= 15 is 0 Å². The molecule has 0 aliphatic carbocycles. The summed E-state index contributed by atoms with van der Waals surface area (Å²) in [5.74, 6) is -0.964. The molecule has 22 heavy (non-hydrogen) atoms. The standard InChI is InChI=1S/C15H11F3N2O2/c1-10(12-5-3-7-19-9-12)20-22-14(21)11-4-2-6-13(8-11)15(16,17)18/h2-9H,1H3/b20-10-. The van der Waals surface area contributed by atoms with Crippen molar-refractivity contribution < 1.29 is 22.8 Å². The molecule has 0 N–H and O–H groups in total. The molecule has 0 bridgehead atoms. The summed E-state index contributed by atoms with van der Waals surface area (Å²) in [5.41, 5.74) is -0.125. The minimum Gasteiger partial charge on any atom is -0.313 e. The van der Waals surface area contributed by atoms with Crippen molar-refractivity contribution in [3.63, 3.8) is 0 Å². The first-order valence-corrected chi connectivity index (χ1v) is 6.21. The lowest BCUT2D eigenvalue weighted by molar-refractivity contribution is -0.137. The number of rotatable bonds is 3. The molecule has 1 heterocycles. The lowest BCUT2D eigenvalue weighted by atomic mass is 10.1. The van der Waals surface area contributed by atoms with Crippen LogP contribution < -0.4 is 0 Å². The average molecular weight is 308 g/mol. The molecule has 1 aromatic carbocycles. The van der Waals surface area contributed by atoms with Crippen LogP contribution in [0.5, 0.6) is 0 Å². The molecule has 0 amide bonds. The Morgan fingerprint density at radius 2 is 1.91 bits per heavy atom. The molecule has 0 aliphatic heterocycles. The monoisotopic (exact) mass is 308 g/mol. The molecule has 0 saturated carbocycles. The highest BCUT2D eigenvalue weighted by molar-refractivity contribution is 5.99. The maximum Gasteiger partial charge on any atom is 0.416 e. The van der Waals surface area contributed by atoms with Crippen molar-refractivity contribution in [2.45, 2.75) is 13.1 Å². The Balaban J connectivity index is 2.13. The van der Waals surface area contributed by atoms with Crippen molar-refractivity contribution >= 4 is 11.7 Å². The second-order valence-electron chi connectivity index (χ2n) is 4.38. The van der Waals surface area contributed by atoms with Crippen LogP contribution in [-0.2, 0) is 11.0 Å². The highest BCUT2D eigenvalue weighted by Gasteiger charge is 2.31. The lowest BCUT2D eigenvalue weighted by Gasteiger charge is -2.07. The minimum atomic E-state index is -4.52. The zero-order chi connectivity index (χ0) is 16.2. The number of hydrogen-bond acceptors (Lipinski definition) is 4. The van der Waals surface area contributed by atoms with E-state index in [-0.39, 0.29) is 5.56 Å². The van der Waals surface area contributed by atoms with Crippen molar-refractivity contribution in [2.75, 3.05) is 0 Å². The number of nitrogens with zero attached hydrogens (tertiary/aromatic N) is 2. The summed E-state index contributed by atoms with van der Waals surface area (Å²) in [6.45, 7) is 1.59. The molecule has 7 heteroatoms. The molecule has 114 valence electrons. The van der Waals surface area contributed by atoms with Crippen LogP contribution in [0.15, 0.2) is 53.9 Å². The van der Waals surface area contributed by atoms with Crippen molar-refractivity contribution in [1.82, 2.24) is 4.98 Å². The smallest absolute Gasteiger partial charge is 0.313 e. The zero-order valence-electron chi connectivity index (χ0n) is 11.5. The van der Waals surface area contributed by atoms with Crippen molar-refractivity contribution in [1.29, 1.82) is 0 Å². The van der Waals surface area contributed by atoms with Gasteiger partial charge in [-0.1, -0.05) is 11.2 Å². The Labute approximate surface area is 124 Å². The lowest BCUT2D eigenvalue weighted by Crippen LogP contribution is -2.08. The van der Waals surface area contributed by atoms with Gasteiger partial charge in [0.15, 0.2) is 0 Å². The van der Waals surface area contributed by atoms with Gasteiger partial charge in [0.05, 0.1) is 16.8 Å². The van der Waals surface area contributed by atoms with E-state index in [1.165, 1.54) is 12.3 Å². The summed E-state index contributed by atoms with van der Waals surface area (Å²) in [6.07, 6.45) is -1.42. The highest BCUT2D eigenvalue weighted by Crippen LogP contribution is 2.29. The van der Waals surface area contributed by atoms with Crippen LogP contribution in [0.2, 0.25) is 0 Å². The molecule has 2 aromatic rings. The summed E-state index contributed by atoms with van der Waals surface area (Å²) in [7, 11) is 0. The number of carbonyl (C=O) groups is 1. The van der Waals surface area contributed by atoms with E-state index in [0.717, 1.165) is 18.2 Å². The summed E-state index contributed by atoms with van der Waals surface area (Å²) in [4.78, 5) is 20.3. The van der Waals surface area contributed by atoms with Crippen molar-refractivity contribution in [2.24, 2.45) is 5.16 Å². The molecule has 0 fully saturated rings. The third-order valence-corrected chi connectivity index (χ3v) is 2.77. The minimum absolute atomic E-state index is 0.224. The van der Waals surface area contributed by atoms with Gasteiger partial charge in [0, 0.05) is 18.0 Å². The normalized spacial score (nSPS) is 12.1. The number of alkyl halides is 3. The van der Waals surface area contributed by atoms with E-state index in [1.807, 2.05) is 0 Å². The fraction of sp³-hybridized carbons (Fsp3) is 0.133. The van der Waals surface area contributed by atoms with Crippen LogP contribution in [0.25, 0.3) is 0 Å². The second kappa shape index (κ2) is 6.38. The Kier molecular flexibility index (Phi) is 4.55. The Morgan fingerprint density at radius 3 is 2.55 bits per heavy atom. The van der Waals surface area contributed by atoms with E-state index in [9.17, 15) is 18.0 Å². The molecule has 0 aliphatic rings. The van der Waals surface area contributed by atoms with Crippen LogP contribution in [0, 0.1) is 0 Å². The molecule has 2 rings (SSSR count). The molecular weight excluding hydrogens is 297 g/mol. The summed E-state index contributed by atoms with van der Waals surface area (Å²) in [6, 6.07) is 7.36. The van der Waals surface area contributed by atoms with Gasteiger partial charge in [-0.25, -0.2) is 4.79 Å². The molecule has 4 nitrogen and oxygen atoms in total. The highest BCUT2D eigenvalue weighted by atomic mass is 19.4. The Morgan fingerprint density at radius 1 is 1.18 bits per heavy atom. The van der Waals surface area contributed by atoms with Crippen LogP contribution >= 0.6 is 0 Å². The number of pyridine rings is 1. The molecular formula is C15H11F3N2O2. The van der Waals surface area contributed by atoms with Gasteiger partial charge in [-0.15, -0.1) is 0 Å². The predicted octanol–water partition coefficient (Wildman–Crippen LogP) is 3.68. The first-order valence-electron chi connectivity index (χ1n) is 6.21. The SMILES string of the molecule is C/C(=N/OC(=O)c1cccc(C(F)(F)F)c1)c1cccnc1. The van der Waals surface area contributed by atoms with E-state index in [1.54, 1.807) is 25.3 Å². The number of oxime groups is 1. The van der Waals surface area contributed by atoms with Gasteiger partial charge in [0.25, 0.3) is 0 Å². The maximum absolute atomic E-state index is 12.6. The molecule has 1 aromatic heterocycles. The van der Waals surface area contributed by atoms with Gasteiger partial charge in [-0.2, -0.15) is 13.2 Å². The van der Waals surface area contributed by atoms with E-state index in [0.29, 0.717) is 11.3 Å². The second-order valence-corrected chi connectivity index (χ2v) is 4.38. The quantitative estimate of drug-likeness (QED) is 0.494. The van der Waals surface area contributed by atoms with Crippen LogP contribution in [0.1, 0.15) is 28.4 Å². The van der Waals surface area contributed by atoms with E-state index in [2.05, 4.69) is 15.0 Å². The van der Waals surface area contributed by atoms with Gasteiger partial charge < -0.3 is 4.84 Å². The number of carbonyl (C=O) groups excluding carboxylic acids is 1. The third kappa shape index (κ3) is 3.91. The Hall–Kier alpha value is -2.70. The number of halogens is 3. The number of benzene rings is 1. The fourth-order valence-corrected chi connectivity index (χ4v) is 1.61. The maximum atomic E-state index is 12.6. The fourth-order valence-electron chi connectivity index (χ4n) is 1.61. The summed E-state index contributed by atoms with van der Waals surface area (Å²) in [5, 5.41) is 3.61. The number of aromatic nitrogens is 1. The summed E-state index contributed by atoms with van der Waals surface area (Å²) >= 11 is 0. The predicted molar refractivity (Wildman–Crippen MR) is 73.3 cm³/mol. The largest absolute Gasteiger partial charge is 0.416 e. The molecule has 0 spiro atoms. The Bertz CT molecular complexity index is 697. The van der Waals surface area contributed by atoms with Crippen molar-refractivity contribution in [3.05, 3.63) is 65.5 Å². The van der Waals surface area contributed by atoms with Gasteiger partial charge >= 0.3 is 12.1 Å². The van der Waals surface area contributed by atoms with Gasteiger partial charge in [0.1, 0.15) is 0 Å². The third-order valence-electron chi connectivity index (χ3n) is 2.77. The summed E-state index contributed by atoms with van der Waals surface area (Å²) < 4.78 is 37.7. The van der Waals surface area contributed by atoms with E-state index in [4.69, 9.17) is 0 Å². The molecule has 0 saturated heterocycles. The van der Waals surface area contributed by atoms with E-state index < -0.39 is 17.7 Å². The molecule has 0 unspecified atom stereocenters.